The second-order valence-electron chi connectivity index (χ2n) is 7.47. The van der Waals surface area contributed by atoms with Crippen LogP contribution >= 0.6 is 11.3 Å². The van der Waals surface area contributed by atoms with Crippen LogP contribution in [0, 0.1) is 6.92 Å². The Kier molecular flexibility index (Phi) is 8.62. The zero-order valence-corrected chi connectivity index (χ0v) is 19.4. The summed E-state index contributed by atoms with van der Waals surface area (Å²) in [5, 5.41) is 3.84. The van der Waals surface area contributed by atoms with Gasteiger partial charge in [-0.1, -0.05) is 50.2 Å². The molecule has 0 aliphatic heterocycles. The fourth-order valence-corrected chi connectivity index (χ4v) is 4.39. The summed E-state index contributed by atoms with van der Waals surface area (Å²) in [6.45, 7) is 9.98. The number of hydrogen-bond donors (Lipinski definition) is 1. The number of thiazole rings is 1. The molecular weight excluding hydrogens is 406 g/mol. The van der Waals surface area contributed by atoms with E-state index in [1.54, 1.807) is 0 Å². The second-order valence-corrected chi connectivity index (χ2v) is 8.47. The van der Waals surface area contributed by atoms with Crippen molar-refractivity contribution in [3.05, 3.63) is 65.2 Å². The molecule has 0 atom stereocenters. The lowest BCUT2D eigenvalue weighted by molar-refractivity contribution is 0.103. The number of amides is 1. The van der Waals surface area contributed by atoms with E-state index >= 15 is 0 Å². The summed E-state index contributed by atoms with van der Waals surface area (Å²) in [4.78, 5) is 20.5. The molecule has 1 amide bonds. The minimum atomic E-state index is -0.147. The first-order valence-electron chi connectivity index (χ1n) is 10.9. The lowest BCUT2D eigenvalue weighted by Crippen LogP contribution is -2.30. The predicted octanol–water partition coefficient (Wildman–Crippen LogP) is 5.87. The van der Waals surface area contributed by atoms with Crippen molar-refractivity contribution >= 4 is 22.9 Å². The molecule has 2 aromatic carbocycles. The molecule has 5 nitrogen and oxygen atoms in total. The smallest absolute Gasteiger partial charge is 0.267 e. The average molecular weight is 438 g/mol. The van der Waals surface area contributed by atoms with Crippen LogP contribution in [0.3, 0.4) is 0 Å². The molecule has 31 heavy (non-hydrogen) atoms. The van der Waals surface area contributed by atoms with Crippen molar-refractivity contribution in [2.45, 2.75) is 33.6 Å². The SMILES string of the molecule is CCCN(CCC)CCOc1cccc(NC(=O)c2sc(-c3ccccc3)nc2C)c1. The van der Waals surface area contributed by atoms with E-state index < -0.39 is 0 Å². The monoisotopic (exact) mass is 437 g/mol. The molecule has 0 radical (unpaired) electrons. The van der Waals surface area contributed by atoms with Gasteiger partial charge in [-0.15, -0.1) is 11.3 Å². The molecular formula is C25H31N3O2S. The van der Waals surface area contributed by atoms with Crippen LogP contribution in [0.1, 0.15) is 42.1 Å². The second kappa shape index (κ2) is 11.6. The first-order valence-corrected chi connectivity index (χ1v) is 11.7. The van der Waals surface area contributed by atoms with Crippen LogP contribution in [0.25, 0.3) is 10.6 Å². The van der Waals surface area contributed by atoms with E-state index in [-0.39, 0.29) is 5.91 Å². The van der Waals surface area contributed by atoms with E-state index in [4.69, 9.17) is 4.74 Å². The third-order valence-electron chi connectivity index (χ3n) is 4.87. The van der Waals surface area contributed by atoms with Crippen LogP contribution in [-0.4, -0.2) is 42.0 Å². The topological polar surface area (TPSA) is 54.5 Å². The molecule has 0 saturated heterocycles. The average Bonchev–Trinajstić information content (AvgIpc) is 3.17. The molecule has 0 aliphatic carbocycles. The maximum atomic E-state index is 12.8. The third kappa shape index (κ3) is 6.64. The molecule has 1 heterocycles. The van der Waals surface area contributed by atoms with Gasteiger partial charge in [0.15, 0.2) is 0 Å². The van der Waals surface area contributed by atoms with Crippen molar-refractivity contribution < 1.29 is 9.53 Å². The van der Waals surface area contributed by atoms with Crippen LogP contribution in [0.4, 0.5) is 5.69 Å². The maximum absolute atomic E-state index is 12.8. The highest BCUT2D eigenvalue weighted by Crippen LogP contribution is 2.28. The van der Waals surface area contributed by atoms with Crippen LogP contribution in [0.5, 0.6) is 5.75 Å². The van der Waals surface area contributed by atoms with Crippen molar-refractivity contribution in [1.29, 1.82) is 0 Å². The van der Waals surface area contributed by atoms with Crippen molar-refractivity contribution in [3.8, 4) is 16.3 Å². The molecule has 0 unspecified atom stereocenters. The summed E-state index contributed by atoms with van der Waals surface area (Å²) in [7, 11) is 0. The zero-order chi connectivity index (χ0) is 22.1. The van der Waals surface area contributed by atoms with Gasteiger partial charge in [0.25, 0.3) is 5.91 Å². The van der Waals surface area contributed by atoms with Gasteiger partial charge in [-0.3, -0.25) is 9.69 Å². The van der Waals surface area contributed by atoms with Gasteiger partial charge in [-0.05, 0) is 45.0 Å². The van der Waals surface area contributed by atoms with E-state index in [1.165, 1.54) is 11.3 Å². The summed E-state index contributed by atoms with van der Waals surface area (Å²) in [6, 6.07) is 17.5. The third-order valence-corrected chi connectivity index (χ3v) is 6.08. The van der Waals surface area contributed by atoms with E-state index in [2.05, 4.69) is 29.0 Å². The van der Waals surface area contributed by atoms with Gasteiger partial charge >= 0.3 is 0 Å². The van der Waals surface area contributed by atoms with Gasteiger partial charge in [0.05, 0.1) is 5.69 Å². The molecule has 0 bridgehead atoms. The molecule has 3 aromatic rings. The Hall–Kier alpha value is -2.70. The maximum Gasteiger partial charge on any atom is 0.267 e. The number of carbonyl (C=O) groups is 1. The minimum absolute atomic E-state index is 0.147. The Morgan fingerprint density at radius 1 is 1.03 bits per heavy atom. The van der Waals surface area contributed by atoms with E-state index in [9.17, 15) is 4.79 Å². The van der Waals surface area contributed by atoms with Gasteiger partial charge in [0.2, 0.25) is 0 Å². The van der Waals surface area contributed by atoms with Crippen molar-refractivity contribution in [2.75, 3.05) is 31.6 Å². The van der Waals surface area contributed by atoms with Gasteiger partial charge < -0.3 is 10.1 Å². The predicted molar refractivity (Wildman–Crippen MR) is 129 cm³/mol. The molecule has 3 rings (SSSR count). The van der Waals surface area contributed by atoms with Crippen LogP contribution in [0.15, 0.2) is 54.6 Å². The fourth-order valence-electron chi connectivity index (χ4n) is 3.42. The minimum Gasteiger partial charge on any atom is -0.492 e. The van der Waals surface area contributed by atoms with Crippen LogP contribution in [-0.2, 0) is 0 Å². The molecule has 0 spiro atoms. The van der Waals surface area contributed by atoms with Gasteiger partial charge in [0.1, 0.15) is 22.2 Å². The molecule has 6 heteroatoms. The normalized spacial score (nSPS) is 11.0. The molecule has 0 saturated carbocycles. The highest BCUT2D eigenvalue weighted by atomic mass is 32.1. The summed E-state index contributed by atoms with van der Waals surface area (Å²) < 4.78 is 5.94. The molecule has 1 N–H and O–H groups in total. The Labute approximate surface area is 189 Å². The Morgan fingerprint density at radius 2 is 1.77 bits per heavy atom. The van der Waals surface area contributed by atoms with Crippen LogP contribution < -0.4 is 10.1 Å². The number of carbonyl (C=O) groups excluding carboxylic acids is 1. The Morgan fingerprint density at radius 3 is 2.48 bits per heavy atom. The number of hydrogen-bond acceptors (Lipinski definition) is 5. The number of aromatic nitrogens is 1. The lowest BCUT2D eigenvalue weighted by Gasteiger charge is -2.21. The number of anilines is 1. The lowest BCUT2D eigenvalue weighted by atomic mass is 10.2. The van der Waals surface area contributed by atoms with Gasteiger partial charge in [0, 0.05) is 23.9 Å². The van der Waals surface area contributed by atoms with E-state index in [0.29, 0.717) is 11.5 Å². The zero-order valence-electron chi connectivity index (χ0n) is 18.6. The number of nitrogens with zero attached hydrogens (tertiary/aromatic N) is 2. The van der Waals surface area contributed by atoms with Crippen LogP contribution in [0.2, 0.25) is 0 Å². The van der Waals surface area contributed by atoms with Gasteiger partial charge in [-0.2, -0.15) is 0 Å². The van der Waals surface area contributed by atoms with E-state index in [1.807, 2.05) is 61.5 Å². The standard InChI is InChI=1S/C25H31N3O2S/c1-4-14-28(15-5-2)16-17-30-22-13-9-12-21(18-22)27-24(29)23-19(3)26-25(31-23)20-10-7-6-8-11-20/h6-13,18H,4-5,14-17H2,1-3H3,(H,27,29). The highest BCUT2D eigenvalue weighted by molar-refractivity contribution is 7.17. The van der Waals surface area contributed by atoms with E-state index in [0.717, 1.165) is 60.2 Å². The summed E-state index contributed by atoms with van der Waals surface area (Å²) in [5.74, 6) is 0.614. The molecule has 1 aromatic heterocycles. The number of rotatable bonds is 11. The van der Waals surface area contributed by atoms with Crippen molar-refractivity contribution in [1.82, 2.24) is 9.88 Å². The van der Waals surface area contributed by atoms with Crippen molar-refractivity contribution in [3.63, 3.8) is 0 Å². The number of aryl methyl sites for hydroxylation is 1. The Balaban J connectivity index is 1.60. The molecule has 164 valence electrons. The van der Waals surface area contributed by atoms with Gasteiger partial charge in [-0.25, -0.2) is 4.98 Å². The Bertz CT molecular complexity index is 966. The first-order chi connectivity index (χ1) is 15.1. The summed E-state index contributed by atoms with van der Waals surface area (Å²) in [6.07, 6.45) is 2.29. The quantitative estimate of drug-likeness (QED) is 0.407. The van der Waals surface area contributed by atoms with Crippen molar-refractivity contribution in [2.24, 2.45) is 0 Å². The highest BCUT2D eigenvalue weighted by Gasteiger charge is 2.16. The molecule has 0 aliphatic rings. The number of ether oxygens (including phenoxy) is 1. The molecule has 0 fully saturated rings. The summed E-state index contributed by atoms with van der Waals surface area (Å²) >= 11 is 1.41. The number of benzene rings is 2. The largest absolute Gasteiger partial charge is 0.492 e. The first kappa shape index (κ1) is 23.0. The summed E-state index contributed by atoms with van der Waals surface area (Å²) in [5.41, 5.74) is 2.47. The number of nitrogens with one attached hydrogen (secondary N) is 1. The fraction of sp³-hybridized carbons (Fsp3) is 0.360.